The van der Waals surface area contributed by atoms with E-state index < -0.39 is 10.0 Å². The van der Waals surface area contributed by atoms with E-state index in [1.54, 1.807) is 13.0 Å². The van der Waals surface area contributed by atoms with E-state index in [2.05, 4.69) is 5.32 Å². The summed E-state index contributed by atoms with van der Waals surface area (Å²) >= 11 is 0. The Kier molecular flexibility index (Phi) is 5.41. The Morgan fingerprint density at radius 2 is 2.13 bits per heavy atom. The summed E-state index contributed by atoms with van der Waals surface area (Å²) in [6, 6.07) is 4.37. The van der Waals surface area contributed by atoms with Gasteiger partial charge in [-0.1, -0.05) is 13.8 Å². The van der Waals surface area contributed by atoms with Gasteiger partial charge in [0.25, 0.3) is 0 Å². The molecule has 1 saturated heterocycles. The van der Waals surface area contributed by atoms with Gasteiger partial charge in [-0.3, -0.25) is 4.79 Å². The molecule has 128 valence electrons. The van der Waals surface area contributed by atoms with Crippen LogP contribution in [-0.2, 0) is 14.8 Å². The molecule has 1 aliphatic heterocycles. The molecule has 0 bridgehead atoms. The lowest BCUT2D eigenvalue weighted by Gasteiger charge is -2.18. The average Bonchev–Trinajstić information content (AvgIpc) is 2.92. The van der Waals surface area contributed by atoms with Gasteiger partial charge in [0, 0.05) is 18.8 Å². The number of carbonyl (C=O) groups is 1. The largest absolute Gasteiger partial charge is 0.326 e. The SMILES string of the molecule is Cc1cc(NC(=O)[C@@H]2CCN(S(=O)(=O)CC(C)C)C2)ccc1F. The first-order chi connectivity index (χ1) is 10.7. The van der Waals surface area contributed by atoms with Crippen LogP contribution in [0.1, 0.15) is 25.8 Å². The second-order valence-corrected chi connectivity index (χ2v) is 8.48. The third kappa shape index (κ3) is 4.51. The van der Waals surface area contributed by atoms with E-state index in [9.17, 15) is 17.6 Å². The molecule has 1 aliphatic rings. The third-order valence-electron chi connectivity index (χ3n) is 3.88. The van der Waals surface area contributed by atoms with Gasteiger partial charge in [0.2, 0.25) is 15.9 Å². The predicted molar refractivity (Wildman–Crippen MR) is 88.1 cm³/mol. The van der Waals surface area contributed by atoms with Gasteiger partial charge in [0.05, 0.1) is 11.7 Å². The zero-order chi connectivity index (χ0) is 17.2. The van der Waals surface area contributed by atoms with Gasteiger partial charge in [-0.2, -0.15) is 0 Å². The minimum Gasteiger partial charge on any atom is -0.326 e. The lowest BCUT2D eigenvalue weighted by molar-refractivity contribution is -0.119. The van der Waals surface area contributed by atoms with Crippen LogP contribution in [0.2, 0.25) is 0 Å². The molecule has 5 nitrogen and oxygen atoms in total. The highest BCUT2D eigenvalue weighted by Gasteiger charge is 2.35. The van der Waals surface area contributed by atoms with Crippen molar-refractivity contribution in [2.24, 2.45) is 11.8 Å². The number of aryl methyl sites for hydroxylation is 1. The second kappa shape index (κ2) is 6.97. The molecule has 1 fully saturated rings. The molecule has 1 heterocycles. The number of carbonyl (C=O) groups excluding carboxylic acids is 1. The molecule has 0 aliphatic carbocycles. The Morgan fingerprint density at radius 1 is 1.43 bits per heavy atom. The van der Waals surface area contributed by atoms with E-state index in [-0.39, 0.29) is 35.9 Å². The molecule has 0 spiro atoms. The summed E-state index contributed by atoms with van der Waals surface area (Å²) in [4.78, 5) is 12.3. The van der Waals surface area contributed by atoms with Crippen LogP contribution in [0.15, 0.2) is 18.2 Å². The van der Waals surface area contributed by atoms with E-state index >= 15 is 0 Å². The van der Waals surface area contributed by atoms with Gasteiger partial charge in [-0.05, 0) is 43.0 Å². The number of anilines is 1. The van der Waals surface area contributed by atoms with Crippen LogP contribution in [-0.4, -0.2) is 37.5 Å². The van der Waals surface area contributed by atoms with E-state index in [1.165, 1.54) is 16.4 Å². The minimum absolute atomic E-state index is 0.0510. The Morgan fingerprint density at radius 3 is 2.74 bits per heavy atom. The van der Waals surface area contributed by atoms with Gasteiger partial charge in [-0.25, -0.2) is 17.1 Å². The Labute approximate surface area is 136 Å². The fraction of sp³-hybridized carbons (Fsp3) is 0.562. The molecule has 1 aromatic carbocycles. The van der Waals surface area contributed by atoms with Crippen molar-refractivity contribution >= 4 is 21.6 Å². The van der Waals surface area contributed by atoms with Crippen LogP contribution in [0.5, 0.6) is 0 Å². The fourth-order valence-electron chi connectivity index (χ4n) is 2.69. The standard InChI is InChI=1S/C16H23FN2O3S/c1-11(2)10-23(21,22)19-7-6-13(9-19)16(20)18-14-4-5-15(17)12(3)8-14/h4-5,8,11,13H,6-7,9-10H2,1-3H3,(H,18,20)/t13-/m1/s1. The van der Waals surface area contributed by atoms with Crippen molar-refractivity contribution in [1.29, 1.82) is 0 Å². The maximum atomic E-state index is 13.2. The Balaban J connectivity index is 1.98. The molecule has 1 N–H and O–H groups in total. The summed E-state index contributed by atoms with van der Waals surface area (Å²) in [7, 11) is -3.31. The molecule has 0 saturated carbocycles. The molecule has 23 heavy (non-hydrogen) atoms. The maximum absolute atomic E-state index is 13.2. The van der Waals surface area contributed by atoms with Crippen molar-refractivity contribution in [3.8, 4) is 0 Å². The molecule has 0 radical (unpaired) electrons. The average molecular weight is 342 g/mol. The fourth-order valence-corrected chi connectivity index (χ4v) is 4.53. The smallest absolute Gasteiger partial charge is 0.228 e. The van der Waals surface area contributed by atoms with Crippen molar-refractivity contribution in [2.45, 2.75) is 27.2 Å². The van der Waals surface area contributed by atoms with Crippen LogP contribution in [0, 0.1) is 24.6 Å². The van der Waals surface area contributed by atoms with Crippen molar-refractivity contribution in [3.05, 3.63) is 29.6 Å². The number of amides is 1. The highest BCUT2D eigenvalue weighted by Crippen LogP contribution is 2.23. The predicted octanol–water partition coefficient (Wildman–Crippen LogP) is 2.38. The molecule has 0 unspecified atom stereocenters. The molecule has 2 rings (SSSR count). The summed E-state index contributed by atoms with van der Waals surface area (Å²) in [5.41, 5.74) is 0.979. The van der Waals surface area contributed by atoms with Crippen molar-refractivity contribution in [3.63, 3.8) is 0 Å². The summed E-state index contributed by atoms with van der Waals surface area (Å²) in [5, 5.41) is 2.74. The second-order valence-electron chi connectivity index (χ2n) is 6.47. The van der Waals surface area contributed by atoms with Gasteiger partial charge >= 0.3 is 0 Å². The molecule has 7 heteroatoms. The summed E-state index contributed by atoms with van der Waals surface area (Å²) < 4.78 is 39.0. The molecule has 0 aromatic heterocycles. The molecular weight excluding hydrogens is 319 g/mol. The number of nitrogens with zero attached hydrogens (tertiary/aromatic N) is 1. The minimum atomic E-state index is -3.31. The normalized spacial score (nSPS) is 19.3. The van der Waals surface area contributed by atoms with Gasteiger partial charge in [0.1, 0.15) is 5.82 Å². The highest BCUT2D eigenvalue weighted by atomic mass is 32.2. The van der Waals surface area contributed by atoms with Crippen LogP contribution in [0.3, 0.4) is 0 Å². The Hall–Kier alpha value is -1.47. The molecule has 1 amide bonds. The van der Waals surface area contributed by atoms with Crippen LogP contribution < -0.4 is 5.32 Å². The first-order valence-corrected chi connectivity index (χ1v) is 9.35. The first kappa shape index (κ1) is 17.9. The zero-order valence-electron chi connectivity index (χ0n) is 13.7. The highest BCUT2D eigenvalue weighted by molar-refractivity contribution is 7.89. The Bertz CT molecular complexity index is 689. The number of sulfonamides is 1. The maximum Gasteiger partial charge on any atom is 0.228 e. The lowest BCUT2D eigenvalue weighted by atomic mass is 10.1. The van der Waals surface area contributed by atoms with Crippen LogP contribution in [0.25, 0.3) is 0 Å². The van der Waals surface area contributed by atoms with E-state index in [0.29, 0.717) is 24.2 Å². The number of hydrogen-bond donors (Lipinski definition) is 1. The summed E-state index contributed by atoms with van der Waals surface area (Å²) in [6.07, 6.45) is 0.503. The number of benzene rings is 1. The van der Waals surface area contributed by atoms with Gasteiger partial charge in [0.15, 0.2) is 0 Å². The van der Waals surface area contributed by atoms with E-state index in [4.69, 9.17) is 0 Å². The number of nitrogens with one attached hydrogen (secondary N) is 1. The van der Waals surface area contributed by atoms with E-state index in [0.717, 1.165) is 0 Å². The van der Waals surface area contributed by atoms with Crippen molar-refractivity contribution in [1.82, 2.24) is 4.31 Å². The number of rotatable bonds is 5. The van der Waals surface area contributed by atoms with E-state index in [1.807, 2.05) is 13.8 Å². The number of halogens is 1. The van der Waals surface area contributed by atoms with Gasteiger partial charge < -0.3 is 5.32 Å². The summed E-state index contributed by atoms with van der Waals surface area (Å²) in [6.45, 7) is 5.92. The third-order valence-corrected chi connectivity index (χ3v) is 6.09. The topological polar surface area (TPSA) is 66.5 Å². The van der Waals surface area contributed by atoms with Gasteiger partial charge in [-0.15, -0.1) is 0 Å². The van der Waals surface area contributed by atoms with Crippen molar-refractivity contribution in [2.75, 3.05) is 24.2 Å². The number of hydrogen-bond acceptors (Lipinski definition) is 3. The van der Waals surface area contributed by atoms with Crippen LogP contribution >= 0.6 is 0 Å². The quantitative estimate of drug-likeness (QED) is 0.893. The first-order valence-electron chi connectivity index (χ1n) is 7.74. The molecule has 1 atom stereocenters. The molecular formula is C16H23FN2O3S. The monoisotopic (exact) mass is 342 g/mol. The molecule has 1 aromatic rings. The summed E-state index contributed by atoms with van der Waals surface area (Å²) in [5.74, 6) is -0.774. The lowest BCUT2D eigenvalue weighted by Crippen LogP contribution is -2.34. The van der Waals surface area contributed by atoms with Crippen molar-refractivity contribution < 1.29 is 17.6 Å². The van der Waals surface area contributed by atoms with Crippen LogP contribution in [0.4, 0.5) is 10.1 Å². The zero-order valence-corrected chi connectivity index (χ0v) is 14.5.